The molecule has 2 amide bonds. The predicted octanol–water partition coefficient (Wildman–Crippen LogP) is 5.71. The lowest BCUT2D eigenvalue weighted by molar-refractivity contribution is -0.143. The maximum atomic E-state index is 12.9. The molecule has 0 bridgehead atoms. The fraction of sp³-hybridized carbons (Fsp3) is 0.464. The Hall–Kier alpha value is -3.60. The number of anilines is 2. The molecule has 3 aromatic rings. The van der Waals surface area contributed by atoms with E-state index in [0.717, 1.165) is 58.2 Å². The van der Waals surface area contributed by atoms with Gasteiger partial charge >= 0.3 is 12.2 Å². The van der Waals surface area contributed by atoms with E-state index in [1.165, 1.54) is 4.90 Å². The molecule has 2 aromatic heterocycles. The minimum Gasteiger partial charge on any atom is -0.378 e. The molecule has 0 spiro atoms. The minimum atomic E-state index is -4.22. The maximum Gasteiger partial charge on any atom is 0.389 e. The predicted molar refractivity (Wildman–Crippen MR) is 144 cm³/mol. The highest BCUT2D eigenvalue weighted by molar-refractivity contribution is 5.91. The molecule has 1 aromatic carbocycles. The van der Waals surface area contributed by atoms with Gasteiger partial charge in [0.25, 0.3) is 0 Å². The van der Waals surface area contributed by atoms with Crippen molar-refractivity contribution in [1.82, 2.24) is 20.1 Å². The zero-order valence-corrected chi connectivity index (χ0v) is 22.4. The fourth-order valence-corrected chi connectivity index (χ4v) is 5.41. The number of morpholine rings is 1. The van der Waals surface area contributed by atoms with Crippen LogP contribution in [0.15, 0.2) is 30.3 Å². The molecule has 8 nitrogen and oxygen atoms in total. The highest BCUT2D eigenvalue weighted by Crippen LogP contribution is 2.35. The summed E-state index contributed by atoms with van der Waals surface area (Å²) in [5, 5.41) is 10.3. The lowest BCUT2D eigenvalue weighted by Gasteiger charge is -2.28. The monoisotopic (exact) mass is 542 g/mol. The molecule has 2 aliphatic heterocycles. The molecule has 0 unspecified atom stereocenters. The van der Waals surface area contributed by atoms with Crippen molar-refractivity contribution < 1.29 is 22.7 Å². The average Bonchev–Trinajstić information content (AvgIpc) is 3.50. The van der Waals surface area contributed by atoms with E-state index in [4.69, 9.17) is 9.72 Å². The van der Waals surface area contributed by atoms with Crippen molar-refractivity contribution in [1.29, 1.82) is 0 Å². The topological polar surface area (TPSA) is 86.4 Å². The molecule has 1 atom stereocenters. The van der Waals surface area contributed by atoms with Crippen LogP contribution in [0.5, 0.6) is 0 Å². The zero-order valence-electron chi connectivity index (χ0n) is 22.4. The van der Waals surface area contributed by atoms with Crippen LogP contribution in [0.2, 0.25) is 0 Å². The second-order valence-electron chi connectivity index (χ2n) is 10.4. The first kappa shape index (κ1) is 27.0. The normalized spacial score (nSPS) is 18.1. The van der Waals surface area contributed by atoms with E-state index in [-0.39, 0.29) is 12.6 Å². The van der Waals surface area contributed by atoms with Crippen LogP contribution in [0.4, 0.5) is 29.5 Å². The van der Waals surface area contributed by atoms with Crippen molar-refractivity contribution in [2.24, 2.45) is 5.92 Å². The van der Waals surface area contributed by atoms with E-state index in [9.17, 15) is 18.0 Å². The molecule has 208 valence electrons. The van der Waals surface area contributed by atoms with Crippen LogP contribution in [0.25, 0.3) is 22.4 Å². The fourth-order valence-electron chi connectivity index (χ4n) is 5.41. The molecule has 2 saturated heterocycles. The molecule has 0 aliphatic carbocycles. The lowest BCUT2D eigenvalue weighted by Crippen LogP contribution is -2.36. The number of benzene rings is 1. The summed E-state index contributed by atoms with van der Waals surface area (Å²) in [6.07, 6.45) is -4.74. The van der Waals surface area contributed by atoms with Crippen LogP contribution in [-0.4, -0.2) is 71.7 Å². The highest BCUT2D eigenvalue weighted by Gasteiger charge is 2.36. The molecule has 2 fully saturated rings. The van der Waals surface area contributed by atoms with Gasteiger partial charge in [-0.1, -0.05) is 6.07 Å². The average molecular weight is 543 g/mol. The molecule has 0 saturated carbocycles. The molecule has 5 rings (SSSR count). The van der Waals surface area contributed by atoms with E-state index in [1.807, 2.05) is 45.0 Å². The van der Waals surface area contributed by atoms with Crippen LogP contribution in [0, 0.1) is 26.7 Å². The van der Waals surface area contributed by atoms with E-state index >= 15 is 0 Å². The Labute approximate surface area is 225 Å². The third-order valence-electron chi connectivity index (χ3n) is 7.42. The van der Waals surface area contributed by atoms with Gasteiger partial charge in [0.2, 0.25) is 0 Å². The van der Waals surface area contributed by atoms with Crippen LogP contribution in [0.1, 0.15) is 29.8 Å². The summed E-state index contributed by atoms with van der Waals surface area (Å²) >= 11 is 0. The third kappa shape index (κ3) is 6.19. The van der Waals surface area contributed by atoms with Gasteiger partial charge in [0, 0.05) is 49.5 Å². The zero-order chi connectivity index (χ0) is 27.7. The second-order valence-corrected chi connectivity index (χ2v) is 10.4. The third-order valence-corrected chi connectivity index (χ3v) is 7.42. The van der Waals surface area contributed by atoms with Gasteiger partial charge in [-0.2, -0.15) is 18.3 Å². The molecular formula is C28H33F3N6O2. The Balaban J connectivity index is 1.44. The van der Waals surface area contributed by atoms with Gasteiger partial charge in [-0.3, -0.25) is 5.10 Å². The van der Waals surface area contributed by atoms with E-state index in [1.54, 1.807) is 0 Å². The van der Waals surface area contributed by atoms with Gasteiger partial charge in [-0.15, -0.1) is 0 Å². The Kier molecular flexibility index (Phi) is 7.53. The number of aromatic amines is 1. The largest absolute Gasteiger partial charge is 0.389 e. The lowest BCUT2D eigenvalue weighted by atomic mass is 9.98. The summed E-state index contributed by atoms with van der Waals surface area (Å²) in [6.45, 7) is 9.07. The number of alkyl halides is 3. The highest BCUT2D eigenvalue weighted by atomic mass is 19.4. The quantitative estimate of drug-likeness (QED) is 0.432. The number of rotatable bonds is 5. The van der Waals surface area contributed by atoms with Crippen molar-refractivity contribution in [3.8, 4) is 22.4 Å². The van der Waals surface area contributed by atoms with Gasteiger partial charge in [0.15, 0.2) is 0 Å². The number of amides is 2. The maximum absolute atomic E-state index is 12.9. The number of nitrogens with zero attached hydrogens (tertiary/aromatic N) is 4. The molecule has 4 heterocycles. The molecular weight excluding hydrogens is 509 g/mol. The van der Waals surface area contributed by atoms with Crippen LogP contribution in [-0.2, 0) is 4.74 Å². The molecule has 11 heteroatoms. The van der Waals surface area contributed by atoms with E-state index < -0.39 is 18.5 Å². The molecule has 39 heavy (non-hydrogen) atoms. The standard InChI is InChI=1S/C28H33F3N6O2/c1-17-4-5-22(32-27(38)37-7-6-20(16-37)15-28(29,30)31)14-23(17)21-12-24(26-18(2)34-35-19(26)3)33-25(13-21)36-8-10-39-11-9-36/h4-5,12-14,20H,6-11,15-16H2,1-3H3,(H,32,38)(H,34,35)/t20-/m0/s1. The number of H-pyrrole nitrogens is 1. The van der Waals surface area contributed by atoms with E-state index in [0.29, 0.717) is 31.9 Å². The minimum absolute atomic E-state index is 0.101. The Morgan fingerprint density at radius 1 is 1.13 bits per heavy atom. The molecule has 2 N–H and O–H groups in total. The second kappa shape index (κ2) is 10.9. The van der Waals surface area contributed by atoms with Crippen molar-refractivity contribution in [3.63, 3.8) is 0 Å². The van der Waals surface area contributed by atoms with Gasteiger partial charge in [-0.25, -0.2) is 9.78 Å². The molecule has 2 aliphatic rings. The first-order chi connectivity index (χ1) is 18.6. The SMILES string of the molecule is Cc1ccc(NC(=O)N2CC[C@@H](CC(F)(F)F)C2)cc1-c1cc(-c2c(C)n[nH]c2C)nc(N2CCOCC2)c1. The number of hydrogen-bond acceptors (Lipinski definition) is 5. The first-order valence-corrected chi connectivity index (χ1v) is 13.2. The van der Waals surface area contributed by atoms with Gasteiger partial charge in [-0.05, 0) is 74.1 Å². The number of halogens is 3. The van der Waals surface area contributed by atoms with Gasteiger partial charge < -0.3 is 19.9 Å². The number of aromatic nitrogens is 3. The first-order valence-electron chi connectivity index (χ1n) is 13.2. The van der Waals surface area contributed by atoms with Crippen molar-refractivity contribution >= 4 is 17.5 Å². The summed E-state index contributed by atoms with van der Waals surface area (Å²) in [4.78, 5) is 21.5. The number of carbonyl (C=O) groups is 1. The number of urea groups is 1. The number of nitrogens with one attached hydrogen (secondary N) is 2. The van der Waals surface area contributed by atoms with Crippen LogP contribution >= 0.6 is 0 Å². The summed E-state index contributed by atoms with van der Waals surface area (Å²) < 4.78 is 43.9. The molecule has 0 radical (unpaired) electrons. The van der Waals surface area contributed by atoms with Crippen molar-refractivity contribution in [2.75, 3.05) is 49.6 Å². The van der Waals surface area contributed by atoms with Crippen molar-refractivity contribution in [3.05, 3.63) is 47.3 Å². The smallest absolute Gasteiger partial charge is 0.378 e. The van der Waals surface area contributed by atoms with Crippen LogP contribution in [0.3, 0.4) is 0 Å². The number of hydrogen-bond donors (Lipinski definition) is 2. The number of likely N-dealkylation sites (tertiary alicyclic amines) is 1. The number of carbonyl (C=O) groups excluding carboxylic acids is 1. The summed E-state index contributed by atoms with van der Waals surface area (Å²) in [5.41, 5.74) is 7.03. The summed E-state index contributed by atoms with van der Waals surface area (Å²) in [5.74, 6) is 0.278. The Bertz CT molecular complexity index is 1330. The summed E-state index contributed by atoms with van der Waals surface area (Å²) in [7, 11) is 0. The summed E-state index contributed by atoms with van der Waals surface area (Å²) in [6, 6.07) is 9.36. The number of aryl methyl sites for hydroxylation is 3. The van der Waals surface area contributed by atoms with Crippen molar-refractivity contribution in [2.45, 2.75) is 39.8 Å². The number of ether oxygens (including phenoxy) is 1. The van der Waals surface area contributed by atoms with Gasteiger partial charge in [0.05, 0.1) is 24.6 Å². The van der Waals surface area contributed by atoms with E-state index in [2.05, 4.69) is 26.5 Å². The van der Waals surface area contributed by atoms with Crippen LogP contribution < -0.4 is 10.2 Å². The Morgan fingerprint density at radius 3 is 2.59 bits per heavy atom. The van der Waals surface area contributed by atoms with Gasteiger partial charge in [0.1, 0.15) is 5.82 Å². The Morgan fingerprint density at radius 2 is 1.90 bits per heavy atom. The number of pyridine rings is 1.